The van der Waals surface area contributed by atoms with Crippen molar-refractivity contribution in [3.63, 3.8) is 0 Å². The smallest absolute Gasteiger partial charge is 0.323 e. The lowest BCUT2D eigenvalue weighted by atomic mass is 9.55. The lowest BCUT2D eigenvalue weighted by Crippen LogP contribution is -2.44. The molecule has 0 unspecified atom stereocenters. The second kappa shape index (κ2) is 6.32. The highest BCUT2D eigenvalue weighted by atomic mass is 16.5. The SMILES string of the molecule is C#CCC(=O)Oc1cc(O)cc2c1[C@H]1CC[C@]3(C)[C@H](O)CC[C@H]3[C@@H]1CC2. The number of carbonyl (C=O) groups is 1. The number of rotatable bonds is 2. The fraction of sp³-hybridized carbons (Fsp3) is 0.591. The molecule has 0 bridgehead atoms. The number of phenols is 1. The van der Waals surface area contributed by atoms with E-state index in [1.807, 2.05) is 0 Å². The monoisotopic (exact) mass is 354 g/mol. The van der Waals surface area contributed by atoms with Gasteiger partial charge in [0.25, 0.3) is 0 Å². The van der Waals surface area contributed by atoms with Gasteiger partial charge in [0.05, 0.1) is 6.10 Å². The van der Waals surface area contributed by atoms with Gasteiger partial charge in [0.1, 0.15) is 17.9 Å². The predicted molar refractivity (Wildman–Crippen MR) is 97.8 cm³/mol. The van der Waals surface area contributed by atoms with Gasteiger partial charge in [-0.15, -0.1) is 6.42 Å². The van der Waals surface area contributed by atoms with Crippen molar-refractivity contribution in [1.82, 2.24) is 0 Å². The molecule has 4 heteroatoms. The number of benzene rings is 1. The van der Waals surface area contributed by atoms with Crippen molar-refractivity contribution in [2.75, 3.05) is 0 Å². The molecule has 2 N–H and O–H groups in total. The maximum absolute atomic E-state index is 12.0. The third-order valence-electron chi connectivity index (χ3n) is 7.19. The summed E-state index contributed by atoms with van der Waals surface area (Å²) in [5.74, 6) is 3.77. The molecule has 4 nitrogen and oxygen atoms in total. The molecule has 0 spiro atoms. The molecule has 5 atom stereocenters. The lowest BCUT2D eigenvalue weighted by Gasteiger charge is -2.50. The van der Waals surface area contributed by atoms with Gasteiger partial charge in [0.2, 0.25) is 0 Å². The van der Waals surface area contributed by atoms with Crippen molar-refractivity contribution in [2.45, 2.75) is 63.9 Å². The number of aliphatic hydroxyl groups excluding tert-OH is 1. The molecule has 0 radical (unpaired) electrons. The van der Waals surface area contributed by atoms with Gasteiger partial charge in [-0.25, -0.2) is 0 Å². The van der Waals surface area contributed by atoms with Crippen LogP contribution in [-0.2, 0) is 11.2 Å². The Morgan fingerprint density at radius 1 is 1.35 bits per heavy atom. The van der Waals surface area contributed by atoms with Crippen LogP contribution in [0.1, 0.15) is 62.5 Å². The van der Waals surface area contributed by atoms with E-state index in [1.165, 1.54) is 0 Å². The van der Waals surface area contributed by atoms with Crippen LogP contribution in [0.2, 0.25) is 0 Å². The van der Waals surface area contributed by atoms with Gasteiger partial charge in [-0.1, -0.05) is 12.8 Å². The number of hydrogen-bond donors (Lipinski definition) is 2. The first kappa shape index (κ1) is 17.4. The summed E-state index contributed by atoms with van der Waals surface area (Å²) in [7, 11) is 0. The van der Waals surface area contributed by atoms with E-state index in [-0.39, 0.29) is 23.7 Å². The summed E-state index contributed by atoms with van der Waals surface area (Å²) in [6.07, 6.45) is 10.8. The van der Waals surface area contributed by atoms with E-state index in [4.69, 9.17) is 11.2 Å². The van der Waals surface area contributed by atoms with Gasteiger partial charge in [0, 0.05) is 11.6 Å². The molecule has 1 aromatic carbocycles. The average molecular weight is 354 g/mol. The molecular weight excluding hydrogens is 328 g/mol. The zero-order chi connectivity index (χ0) is 18.5. The number of ether oxygens (including phenoxy) is 1. The Labute approximate surface area is 154 Å². The first-order valence-corrected chi connectivity index (χ1v) is 9.62. The van der Waals surface area contributed by atoms with Crippen LogP contribution in [0.4, 0.5) is 0 Å². The molecule has 2 saturated carbocycles. The Kier molecular flexibility index (Phi) is 4.23. The van der Waals surface area contributed by atoms with Gasteiger partial charge in [-0.2, -0.15) is 0 Å². The van der Waals surface area contributed by atoms with Crippen LogP contribution >= 0.6 is 0 Å². The van der Waals surface area contributed by atoms with Gasteiger partial charge in [0.15, 0.2) is 0 Å². The van der Waals surface area contributed by atoms with Gasteiger partial charge < -0.3 is 14.9 Å². The van der Waals surface area contributed by atoms with Gasteiger partial charge in [-0.05, 0) is 73.3 Å². The van der Waals surface area contributed by atoms with E-state index in [9.17, 15) is 15.0 Å². The van der Waals surface area contributed by atoms with Crippen molar-refractivity contribution < 1.29 is 19.7 Å². The largest absolute Gasteiger partial charge is 0.508 e. The second-order valence-corrected chi connectivity index (χ2v) is 8.42. The Morgan fingerprint density at radius 2 is 2.15 bits per heavy atom. The number of phenolic OH excluding ortho intramolecular Hbond substituents is 1. The number of fused-ring (bicyclic) bond motifs is 5. The molecule has 26 heavy (non-hydrogen) atoms. The minimum atomic E-state index is -0.459. The highest BCUT2D eigenvalue weighted by Gasteiger charge is 2.54. The normalized spacial score (nSPS) is 35.0. The number of carbonyl (C=O) groups excluding carboxylic acids is 1. The number of esters is 1. The Balaban J connectivity index is 1.71. The van der Waals surface area contributed by atoms with Crippen LogP contribution in [-0.4, -0.2) is 22.3 Å². The summed E-state index contributed by atoms with van der Waals surface area (Å²) in [5, 5.41) is 20.6. The summed E-state index contributed by atoms with van der Waals surface area (Å²) in [6, 6.07) is 3.36. The maximum atomic E-state index is 12.0. The molecule has 0 amide bonds. The minimum absolute atomic E-state index is 0.00982. The van der Waals surface area contributed by atoms with E-state index >= 15 is 0 Å². The van der Waals surface area contributed by atoms with Crippen LogP contribution < -0.4 is 4.74 Å². The quantitative estimate of drug-likeness (QED) is 0.484. The Bertz CT molecular complexity index is 777. The molecule has 4 rings (SSSR count). The van der Waals surface area contributed by atoms with E-state index in [0.717, 1.165) is 49.7 Å². The molecule has 3 aliphatic rings. The number of aromatic hydroxyl groups is 1. The van der Waals surface area contributed by atoms with E-state index < -0.39 is 5.97 Å². The molecule has 0 aliphatic heterocycles. The van der Waals surface area contributed by atoms with Gasteiger partial charge >= 0.3 is 5.97 Å². The third-order valence-corrected chi connectivity index (χ3v) is 7.19. The van der Waals surface area contributed by atoms with E-state index in [0.29, 0.717) is 23.5 Å². The van der Waals surface area contributed by atoms with Crippen molar-refractivity contribution >= 4 is 5.97 Å². The van der Waals surface area contributed by atoms with Crippen LogP contribution in [0.15, 0.2) is 12.1 Å². The Morgan fingerprint density at radius 3 is 2.92 bits per heavy atom. The molecule has 1 aromatic rings. The zero-order valence-corrected chi connectivity index (χ0v) is 15.2. The van der Waals surface area contributed by atoms with Crippen LogP contribution in [0.3, 0.4) is 0 Å². The second-order valence-electron chi connectivity index (χ2n) is 8.42. The molecular formula is C22H26O4. The van der Waals surface area contributed by atoms with E-state index in [1.54, 1.807) is 12.1 Å². The number of aliphatic hydroxyl groups is 1. The summed E-state index contributed by atoms with van der Waals surface area (Å²) >= 11 is 0. The first-order valence-electron chi connectivity index (χ1n) is 9.62. The zero-order valence-electron chi connectivity index (χ0n) is 15.2. The first-order chi connectivity index (χ1) is 12.4. The van der Waals surface area contributed by atoms with E-state index in [2.05, 4.69) is 12.8 Å². The van der Waals surface area contributed by atoms with Crippen LogP contribution in [0.5, 0.6) is 11.5 Å². The minimum Gasteiger partial charge on any atom is -0.508 e. The molecule has 0 aromatic heterocycles. The summed E-state index contributed by atoms with van der Waals surface area (Å²) < 4.78 is 5.55. The number of terminal acetylenes is 1. The van der Waals surface area contributed by atoms with Crippen molar-refractivity contribution in [2.24, 2.45) is 17.3 Å². The standard InChI is InChI=1S/C22H26O4/c1-3-4-20(25)26-18-12-14(23)11-13-5-6-15-16(21(13)18)9-10-22(2)17(15)7-8-19(22)24/h1,11-12,15-17,19,23-24H,4-10H2,2H3/t15-,16+,17+,19-,22+/m1/s1. The molecule has 3 aliphatic carbocycles. The summed E-state index contributed by atoms with van der Waals surface area (Å²) in [6.45, 7) is 2.24. The summed E-state index contributed by atoms with van der Waals surface area (Å²) in [5.41, 5.74) is 2.17. The highest BCUT2D eigenvalue weighted by Crippen LogP contribution is 2.62. The fourth-order valence-electron chi connectivity index (χ4n) is 5.97. The highest BCUT2D eigenvalue weighted by molar-refractivity contribution is 5.75. The predicted octanol–water partition coefficient (Wildman–Crippen LogP) is 3.54. The molecule has 0 saturated heterocycles. The van der Waals surface area contributed by atoms with Crippen molar-refractivity contribution in [3.8, 4) is 23.8 Å². The van der Waals surface area contributed by atoms with Crippen molar-refractivity contribution in [3.05, 3.63) is 23.3 Å². The van der Waals surface area contributed by atoms with Crippen LogP contribution in [0.25, 0.3) is 0 Å². The fourth-order valence-corrected chi connectivity index (χ4v) is 5.97. The Hall–Kier alpha value is -1.99. The number of aryl methyl sites for hydroxylation is 1. The van der Waals surface area contributed by atoms with Crippen LogP contribution in [0, 0.1) is 29.6 Å². The molecule has 138 valence electrons. The topological polar surface area (TPSA) is 66.8 Å². The lowest BCUT2D eigenvalue weighted by molar-refractivity contribution is -0.133. The molecule has 2 fully saturated rings. The van der Waals surface area contributed by atoms with Gasteiger partial charge in [-0.3, -0.25) is 4.79 Å². The maximum Gasteiger partial charge on any atom is 0.323 e. The average Bonchev–Trinajstić information content (AvgIpc) is 2.90. The third kappa shape index (κ3) is 2.61. The summed E-state index contributed by atoms with van der Waals surface area (Å²) in [4.78, 5) is 12.0. The number of hydrogen-bond acceptors (Lipinski definition) is 4. The van der Waals surface area contributed by atoms with Crippen molar-refractivity contribution in [1.29, 1.82) is 0 Å². The molecule has 0 heterocycles.